The summed E-state index contributed by atoms with van der Waals surface area (Å²) >= 11 is 1.65. The topological polar surface area (TPSA) is 23.5 Å². The van der Waals surface area contributed by atoms with E-state index in [1.807, 2.05) is 17.5 Å². The van der Waals surface area contributed by atoms with Gasteiger partial charge in [0.1, 0.15) is 0 Å². The van der Waals surface area contributed by atoms with E-state index in [2.05, 4.69) is 11.8 Å². The molecule has 2 nitrogen and oxygen atoms in total. The quantitative estimate of drug-likeness (QED) is 0.873. The first-order valence-corrected chi connectivity index (χ1v) is 7.11. The fourth-order valence-corrected chi connectivity index (χ4v) is 3.15. The Kier molecular flexibility index (Phi) is 4.38. The Morgan fingerprint density at radius 3 is 3.12 bits per heavy atom. The molecule has 1 aliphatic rings. The van der Waals surface area contributed by atoms with Gasteiger partial charge in [-0.1, -0.05) is 12.5 Å². The maximum absolute atomic E-state index is 10.0. The lowest BCUT2D eigenvalue weighted by Crippen LogP contribution is -2.38. The number of aliphatic hydroxyl groups is 1. The van der Waals surface area contributed by atoms with Gasteiger partial charge in [0.2, 0.25) is 0 Å². The van der Waals surface area contributed by atoms with Gasteiger partial charge in [-0.05, 0) is 44.2 Å². The third kappa shape index (κ3) is 3.06. The van der Waals surface area contributed by atoms with Crippen LogP contribution in [0, 0.1) is 0 Å². The van der Waals surface area contributed by atoms with Gasteiger partial charge in [0.05, 0.1) is 6.10 Å². The van der Waals surface area contributed by atoms with Crippen LogP contribution in [-0.2, 0) is 0 Å². The van der Waals surface area contributed by atoms with Crippen LogP contribution in [0.4, 0.5) is 0 Å². The molecule has 2 rings (SSSR count). The molecule has 1 fully saturated rings. The third-order valence-electron chi connectivity index (χ3n) is 3.50. The summed E-state index contributed by atoms with van der Waals surface area (Å²) in [6.07, 6.45) is 4.60. The second-order valence-electron chi connectivity index (χ2n) is 4.70. The van der Waals surface area contributed by atoms with E-state index < -0.39 is 0 Å². The molecule has 0 radical (unpaired) electrons. The summed E-state index contributed by atoms with van der Waals surface area (Å²) in [5.41, 5.74) is 0. The van der Waals surface area contributed by atoms with Crippen molar-refractivity contribution in [3.63, 3.8) is 0 Å². The van der Waals surface area contributed by atoms with Crippen molar-refractivity contribution >= 4 is 11.3 Å². The first-order valence-electron chi connectivity index (χ1n) is 6.23. The average molecular weight is 239 g/mol. The molecular formula is C13H21NOS. The summed E-state index contributed by atoms with van der Waals surface area (Å²) in [6.45, 7) is 4.54. The lowest BCUT2D eigenvalue weighted by atomic mass is 10.0. The molecule has 3 heteroatoms. The fraction of sp³-hybridized carbons (Fsp3) is 0.692. The van der Waals surface area contributed by atoms with Crippen molar-refractivity contribution in [1.29, 1.82) is 0 Å². The number of rotatable bonds is 4. The largest absolute Gasteiger partial charge is 0.388 e. The monoisotopic (exact) mass is 239 g/mol. The number of aliphatic hydroxyl groups excluding tert-OH is 1. The highest BCUT2D eigenvalue weighted by Crippen LogP contribution is 2.23. The molecule has 1 aromatic heterocycles. The zero-order valence-corrected chi connectivity index (χ0v) is 10.7. The minimum absolute atomic E-state index is 0.269. The summed E-state index contributed by atoms with van der Waals surface area (Å²) in [6, 6.07) is 4.73. The van der Waals surface area contributed by atoms with E-state index in [4.69, 9.17) is 0 Å². The van der Waals surface area contributed by atoms with Gasteiger partial charge in [-0.3, -0.25) is 0 Å². The number of hydrogen-bond donors (Lipinski definition) is 1. The first kappa shape index (κ1) is 12.1. The van der Waals surface area contributed by atoms with Crippen LogP contribution in [0.1, 0.15) is 43.6 Å². The SMILES string of the molecule is CC1CCCCN1CCC(O)c1cccs1. The molecule has 2 heterocycles. The van der Waals surface area contributed by atoms with E-state index in [-0.39, 0.29) is 6.10 Å². The van der Waals surface area contributed by atoms with Crippen molar-refractivity contribution in [3.8, 4) is 0 Å². The molecule has 90 valence electrons. The van der Waals surface area contributed by atoms with Gasteiger partial charge in [0.15, 0.2) is 0 Å². The normalized spacial score (nSPS) is 24.5. The molecule has 0 spiro atoms. The van der Waals surface area contributed by atoms with Crippen LogP contribution < -0.4 is 0 Å². The van der Waals surface area contributed by atoms with Gasteiger partial charge in [0, 0.05) is 17.5 Å². The van der Waals surface area contributed by atoms with Crippen molar-refractivity contribution in [1.82, 2.24) is 4.90 Å². The molecule has 2 unspecified atom stereocenters. The summed E-state index contributed by atoms with van der Waals surface area (Å²) in [7, 11) is 0. The van der Waals surface area contributed by atoms with Crippen molar-refractivity contribution in [2.75, 3.05) is 13.1 Å². The number of likely N-dealkylation sites (tertiary alicyclic amines) is 1. The van der Waals surface area contributed by atoms with Crippen molar-refractivity contribution in [2.45, 2.75) is 44.8 Å². The lowest BCUT2D eigenvalue weighted by Gasteiger charge is -2.33. The highest BCUT2D eigenvalue weighted by atomic mass is 32.1. The van der Waals surface area contributed by atoms with Crippen LogP contribution in [0.5, 0.6) is 0 Å². The highest BCUT2D eigenvalue weighted by Gasteiger charge is 2.19. The van der Waals surface area contributed by atoms with Crippen LogP contribution in [-0.4, -0.2) is 29.1 Å². The van der Waals surface area contributed by atoms with Crippen LogP contribution >= 0.6 is 11.3 Å². The molecule has 0 bridgehead atoms. The Balaban J connectivity index is 1.78. The second kappa shape index (κ2) is 5.80. The lowest BCUT2D eigenvalue weighted by molar-refractivity contribution is 0.111. The average Bonchev–Trinajstić information content (AvgIpc) is 2.81. The maximum Gasteiger partial charge on any atom is 0.0894 e. The minimum atomic E-state index is -0.269. The van der Waals surface area contributed by atoms with E-state index in [1.54, 1.807) is 11.3 Å². The van der Waals surface area contributed by atoms with E-state index in [0.717, 1.165) is 17.8 Å². The summed E-state index contributed by atoms with van der Waals surface area (Å²) in [5.74, 6) is 0. The Bertz CT molecular complexity index is 299. The Hall–Kier alpha value is -0.380. The minimum Gasteiger partial charge on any atom is -0.388 e. The number of hydrogen-bond acceptors (Lipinski definition) is 3. The molecule has 1 aromatic rings. The summed E-state index contributed by atoms with van der Waals surface area (Å²) in [4.78, 5) is 3.62. The van der Waals surface area contributed by atoms with E-state index >= 15 is 0 Å². The summed E-state index contributed by atoms with van der Waals surface area (Å²) in [5, 5.41) is 12.0. The van der Waals surface area contributed by atoms with E-state index in [1.165, 1.54) is 25.8 Å². The molecule has 1 N–H and O–H groups in total. The number of nitrogens with zero attached hydrogens (tertiary/aromatic N) is 1. The summed E-state index contributed by atoms with van der Waals surface area (Å²) < 4.78 is 0. The molecule has 2 atom stereocenters. The van der Waals surface area contributed by atoms with E-state index in [9.17, 15) is 5.11 Å². The molecule has 0 aliphatic carbocycles. The van der Waals surface area contributed by atoms with Crippen molar-refractivity contribution in [3.05, 3.63) is 22.4 Å². The van der Waals surface area contributed by atoms with E-state index in [0.29, 0.717) is 6.04 Å². The molecule has 0 aromatic carbocycles. The predicted octanol–water partition coefficient (Wildman–Crippen LogP) is 3.05. The van der Waals surface area contributed by atoms with Gasteiger partial charge in [-0.25, -0.2) is 0 Å². The van der Waals surface area contributed by atoms with Crippen LogP contribution in [0.3, 0.4) is 0 Å². The van der Waals surface area contributed by atoms with Gasteiger partial charge >= 0.3 is 0 Å². The van der Waals surface area contributed by atoms with Gasteiger partial charge in [-0.15, -0.1) is 11.3 Å². The predicted molar refractivity (Wildman–Crippen MR) is 68.8 cm³/mol. The van der Waals surface area contributed by atoms with Gasteiger partial charge in [0.25, 0.3) is 0 Å². The zero-order chi connectivity index (χ0) is 11.4. The number of thiophene rings is 1. The maximum atomic E-state index is 10.0. The second-order valence-corrected chi connectivity index (χ2v) is 5.68. The molecule has 0 saturated carbocycles. The van der Waals surface area contributed by atoms with Crippen molar-refractivity contribution < 1.29 is 5.11 Å². The van der Waals surface area contributed by atoms with Crippen LogP contribution in [0.25, 0.3) is 0 Å². The highest BCUT2D eigenvalue weighted by molar-refractivity contribution is 7.10. The van der Waals surface area contributed by atoms with Crippen LogP contribution in [0.2, 0.25) is 0 Å². The Morgan fingerprint density at radius 2 is 2.44 bits per heavy atom. The molecule has 1 saturated heterocycles. The Labute approximate surface area is 102 Å². The van der Waals surface area contributed by atoms with Crippen molar-refractivity contribution in [2.24, 2.45) is 0 Å². The van der Waals surface area contributed by atoms with Gasteiger partial charge < -0.3 is 10.0 Å². The van der Waals surface area contributed by atoms with Crippen LogP contribution in [0.15, 0.2) is 17.5 Å². The standard InChI is InChI=1S/C13H21NOS/c1-11-5-2-3-8-14(11)9-7-12(15)13-6-4-10-16-13/h4,6,10-12,15H,2-3,5,7-9H2,1H3. The zero-order valence-electron chi connectivity index (χ0n) is 9.93. The number of piperidine rings is 1. The first-order chi connectivity index (χ1) is 7.77. The molecule has 0 amide bonds. The van der Waals surface area contributed by atoms with Gasteiger partial charge in [-0.2, -0.15) is 0 Å². The molecule has 1 aliphatic heterocycles. The molecule has 16 heavy (non-hydrogen) atoms. The fourth-order valence-electron chi connectivity index (χ4n) is 2.40. The molecular weight excluding hydrogens is 218 g/mol. The third-order valence-corrected chi connectivity index (χ3v) is 4.48. The smallest absolute Gasteiger partial charge is 0.0894 e. The Morgan fingerprint density at radius 1 is 1.56 bits per heavy atom.